The van der Waals surface area contributed by atoms with Gasteiger partial charge in [0.2, 0.25) is 0 Å². The molecule has 1 amide bonds. The van der Waals surface area contributed by atoms with E-state index in [-0.39, 0.29) is 18.0 Å². The molecule has 1 aromatic carbocycles. The number of aromatic nitrogens is 1. The Morgan fingerprint density at radius 1 is 1.30 bits per heavy atom. The number of pyridine rings is 1. The lowest BCUT2D eigenvalue weighted by atomic mass is 10.2. The van der Waals surface area contributed by atoms with Gasteiger partial charge >= 0.3 is 0 Å². The molecule has 0 aliphatic heterocycles. The van der Waals surface area contributed by atoms with Gasteiger partial charge in [0.1, 0.15) is 6.54 Å². The maximum atomic E-state index is 11.6. The average molecular weight is 269 g/mol. The molecule has 5 heteroatoms. The molecule has 1 heterocycles. The van der Waals surface area contributed by atoms with Gasteiger partial charge in [0, 0.05) is 12.3 Å². The minimum absolute atomic E-state index is 0.0508. The van der Waals surface area contributed by atoms with Crippen molar-refractivity contribution in [3.05, 3.63) is 70.1 Å². The van der Waals surface area contributed by atoms with Crippen molar-refractivity contribution in [1.29, 1.82) is 0 Å². The van der Waals surface area contributed by atoms with Gasteiger partial charge in [0.25, 0.3) is 11.5 Å². The van der Waals surface area contributed by atoms with Crippen molar-refractivity contribution in [3.8, 4) is 0 Å². The predicted molar refractivity (Wildman–Crippen MR) is 77.6 cm³/mol. The number of amides is 1. The summed E-state index contributed by atoms with van der Waals surface area (Å²) >= 11 is 0. The van der Waals surface area contributed by atoms with Gasteiger partial charge in [0.15, 0.2) is 0 Å². The summed E-state index contributed by atoms with van der Waals surface area (Å²) in [5, 5.41) is 3.87. The van der Waals surface area contributed by atoms with E-state index in [0.717, 1.165) is 11.1 Å². The van der Waals surface area contributed by atoms with E-state index in [0.29, 0.717) is 0 Å². The normalized spacial score (nSPS) is 10.7. The number of benzene rings is 1. The Hall–Kier alpha value is -2.69. The number of hydrogen-bond acceptors (Lipinski definition) is 3. The number of carbonyl (C=O) groups is 1. The van der Waals surface area contributed by atoms with Crippen LogP contribution >= 0.6 is 0 Å². The summed E-state index contributed by atoms with van der Waals surface area (Å²) in [7, 11) is 0. The molecule has 0 aliphatic rings. The molecule has 102 valence electrons. The molecule has 0 unspecified atom stereocenters. The number of aryl methyl sites for hydroxylation is 1. The van der Waals surface area contributed by atoms with Crippen molar-refractivity contribution in [2.24, 2.45) is 5.10 Å². The Bertz CT molecular complexity index is 689. The Balaban J connectivity index is 1.93. The zero-order valence-corrected chi connectivity index (χ0v) is 11.1. The van der Waals surface area contributed by atoms with E-state index in [1.54, 1.807) is 24.5 Å². The number of nitrogens with one attached hydrogen (secondary N) is 1. The number of nitrogens with zero attached hydrogens (tertiary/aromatic N) is 2. The van der Waals surface area contributed by atoms with Gasteiger partial charge in [-0.15, -0.1) is 0 Å². The summed E-state index contributed by atoms with van der Waals surface area (Å²) < 4.78 is 1.32. The van der Waals surface area contributed by atoms with Crippen molar-refractivity contribution in [2.75, 3.05) is 0 Å². The molecule has 0 spiro atoms. The van der Waals surface area contributed by atoms with E-state index >= 15 is 0 Å². The average Bonchev–Trinajstić information content (AvgIpc) is 2.41. The Kier molecular flexibility index (Phi) is 4.44. The van der Waals surface area contributed by atoms with Gasteiger partial charge in [-0.05, 0) is 18.6 Å². The van der Waals surface area contributed by atoms with E-state index in [9.17, 15) is 9.59 Å². The summed E-state index contributed by atoms with van der Waals surface area (Å²) in [5.41, 5.74) is 4.21. The monoisotopic (exact) mass is 269 g/mol. The van der Waals surface area contributed by atoms with E-state index < -0.39 is 0 Å². The van der Waals surface area contributed by atoms with Gasteiger partial charge in [0.05, 0.1) is 6.21 Å². The van der Waals surface area contributed by atoms with E-state index in [2.05, 4.69) is 10.5 Å². The summed E-state index contributed by atoms with van der Waals surface area (Å²) in [6.07, 6.45) is 3.13. The molecule has 2 rings (SSSR count). The highest BCUT2D eigenvalue weighted by molar-refractivity contribution is 5.82. The first kappa shape index (κ1) is 13.7. The Labute approximate surface area is 116 Å². The Morgan fingerprint density at radius 2 is 2.15 bits per heavy atom. The van der Waals surface area contributed by atoms with Crippen LogP contribution in [0.3, 0.4) is 0 Å². The second kappa shape index (κ2) is 6.47. The molecule has 1 aromatic heterocycles. The summed E-state index contributed by atoms with van der Waals surface area (Å²) in [6.45, 7) is 1.93. The summed E-state index contributed by atoms with van der Waals surface area (Å²) in [6, 6.07) is 12.5. The number of carbonyl (C=O) groups excluding carboxylic acids is 1. The fourth-order valence-corrected chi connectivity index (χ4v) is 1.71. The smallest absolute Gasteiger partial charge is 0.260 e. The molecular weight excluding hydrogens is 254 g/mol. The van der Waals surface area contributed by atoms with Crippen LogP contribution in [0.4, 0.5) is 0 Å². The van der Waals surface area contributed by atoms with Crippen LogP contribution in [0, 0.1) is 6.92 Å². The van der Waals surface area contributed by atoms with Crippen LogP contribution in [0.15, 0.2) is 58.6 Å². The lowest BCUT2D eigenvalue weighted by Crippen LogP contribution is -2.28. The first-order valence-corrected chi connectivity index (χ1v) is 6.19. The second-order valence-corrected chi connectivity index (χ2v) is 4.37. The zero-order valence-electron chi connectivity index (χ0n) is 11.1. The third-order valence-corrected chi connectivity index (χ3v) is 2.66. The highest BCUT2D eigenvalue weighted by Crippen LogP contribution is 2.00. The van der Waals surface area contributed by atoms with Crippen LogP contribution < -0.4 is 11.0 Å². The number of rotatable bonds is 4. The SMILES string of the molecule is Cc1cccc(/C=N\NC(=O)Cn2ccccc2=O)c1. The molecule has 0 atom stereocenters. The topological polar surface area (TPSA) is 63.5 Å². The van der Waals surface area contributed by atoms with Crippen molar-refractivity contribution in [1.82, 2.24) is 9.99 Å². The van der Waals surface area contributed by atoms with Crippen LogP contribution in [-0.2, 0) is 11.3 Å². The molecule has 0 radical (unpaired) electrons. The van der Waals surface area contributed by atoms with Crippen LogP contribution in [0.2, 0.25) is 0 Å². The number of hydrazone groups is 1. The maximum absolute atomic E-state index is 11.6. The van der Waals surface area contributed by atoms with Gasteiger partial charge < -0.3 is 4.57 Å². The summed E-state index contributed by atoms with van der Waals surface area (Å²) in [5.74, 6) is -0.345. The van der Waals surface area contributed by atoms with E-state index in [1.165, 1.54) is 10.6 Å². The predicted octanol–water partition coefficient (Wildman–Crippen LogP) is 1.31. The quantitative estimate of drug-likeness (QED) is 0.672. The fourth-order valence-electron chi connectivity index (χ4n) is 1.71. The van der Waals surface area contributed by atoms with Gasteiger partial charge in [-0.1, -0.05) is 35.9 Å². The minimum atomic E-state index is -0.345. The molecule has 0 fully saturated rings. The van der Waals surface area contributed by atoms with E-state index in [4.69, 9.17) is 0 Å². The molecule has 20 heavy (non-hydrogen) atoms. The second-order valence-electron chi connectivity index (χ2n) is 4.37. The van der Waals surface area contributed by atoms with Crippen LogP contribution in [0.5, 0.6) is 0 Å². The highest BCUT2D eigenvalue weighted by Gasteiger charge is 2.01. The molecule has 0 aliphatic carbocycles. The van der Waals surface area contributed by atoms with Crippen LogP contribution in [0.25, 0.3) is 0 Å². The highest BCUT2D eigenvalue weighted by atomic mass is 16.2. The van der Waals surface area contributed by atoms with Crippen LogP contribution in [-0.4, -0.2) is 16.7 Å². The molecule has 0 bridgehead atoms. The first-order valence-electron chi connectivity index (χ1n) is 6.19. The molecule has 0 saturated carbocycles. The van der Waals surface area contributed by atoms with Crippen molar-refractivity contribution < 1.29 is 4.79 Å². The first-order chi connectivity index (χ1) is 9.65. The van der Waals surface area contributed by atoms with Crippen molar-refractivity contribution in [3.63, 3.8) is 0 Å². The molecule has 2 aromatic rings. The van der Waals surface area contributed by atoms with Gasteiger partial charge in [-0.25, -0.2) is 5.43 Å². The van der Waals surface area contributed by atoms with Gasteiger partial charge in [-0.2, -0.15) is 5.10 Å². The van der Waals surface area contributed by atoms with E-state index in [1.807, 2.05) is 31.2 Å². The molecule has 0 saturated heterocycles. The standard InChI is InChI=1S/C15H15N3O2/c1-12-5-4-6-13(9-12)10-16-17-14(19)11-18-8-3-2-7-15(18)20/h2-10H,11H2,1H3,(H,17,19)/b16-10-. The van der Waals surface area contributed by atoms with Crippen molar-refractivity contribution >= 4 is 12.1 Å². The van der Waals surface area contributed by atoms with Gasteiger partial charge in [-0.3, -0.25) is 9.59 Å². The largest absolute Gasteiger partial charge is 0.306 e. The van der Waals surface area contributed by atoms with Crippen molar-refractivity contribution in [2.45, 2.75) is 13.5 Å². The zero-order chi connectivity index (χ0) is 14.4. The molecular formula is C15H15N3O2. The van der Waals surface area contributed by atoms with Crippen LogP contribution in [0.1, 0.15) is 11.1 Å². The third-order valence-electron chi connectivity index (χ3n) is 2.66. The minimum Gasteiger partial charge on any atom is -0.306 e. The fraction of sp³-hybridized carbons (Fsp3) is 0.133. The Morgan fingerprint density at radius 3 is 2.90 bits per heavy atom. The summed E-state index contributed by atoms with van der Waals surface area (Å²) in [4.78, 5) is 23.1. The maximum Gasteiger partial charge on any atom is 0.260 e. The third kappa shape index (κ3) is 3.91. The lowest BCUT2D eigenvalue weighted by Gasteiger charge is -2.03. The lowest BCUT2D eigenvalue weighted by molar-refractivity contribution is -0.121. The molecule has 5 nitrogen and oxygen atoms in total. The molecule has 1 N–H and O–H groups in total. The number of hydrogen-bond donors (Lipinski definition) is 1.